The molecule has 0 aliphatic carbocycles. The van der Waals surface area contributed by atoms with Crippen molar-refractivity contribution in [3.63, 3.8) is 0 Å². The van der Waals surface area contributed by atoms with E-state index in [0.717, 1.165) is 5.56 Å². The molecule has 1 aromatic heterocycles. The van der Waals surface area contributed by atoms with Gasteiger partial charge in [0.1, 0.15) is 17.4 Å². The number of benzene rings is 2. The molecule has 0 radical (unpaired) electrons. The summed E-state index contributed by atoms with van der Waals surface area (Å²) in [5.74, 6) is -0.190. The fraction of sp³-hybridized carbons (Fsp3) is 0.0667. The number of hydrogen-bond donors (Lipinski definition) is 1. The molecule has 0 aliphatic heterocycles. The first-order valence-electron chi connectivity index (χ1n) is 5.70. The third-order valence-corrected chi connectivity index (χ3v) is 3.11. The van der Waals surface area contributed by atoms with Crippen LogP contribution in [0.15, 0.2) is 39.5 Å². The molecule has 0 atom stereocenters. The Hall–Kier alpha value is -2.80. The summed E-state index contributed by atoms with van der Waals surface area (Å²) in [6, 6.07) is 10.2. The van der Waals surface area contributed by atoms with E-state index in [1.165, 1.54) is 12.1 Å². The monoisotopic (exact) mass is 251 g/mol. The SMILES string of the molecule is Cc1ccc2c(c1)c(=O)oc1cc(O)c(C#N)cc12. The van der Waals surface area contributed by atoms with E-state index in [2.05, 4.69) is 0 Å². The minimum atomic E-state index is -0.449. The highest BCUT2D eigenvalue weighted by molar-refractivity contribution is 6.05. The van der Waals surface area contributed by atoms with Crippen molar-refractivity contribution < 1.29 is 9.52 Å². The zero-order chi connectivity index (χ0) is 13.6. The maximum absolute atomic E-state index is 11.9. The van der Waals surface area contributed by atoms with Crippen LogP contribution in [0.5, 0.6) is 5.75 Å². The van der Waals surface area contributed by atoms with E-state index in [0.29, 0.717) is 16.2 Å². The molecule has 0 fully saturated rings. The van der Waals surface area contributed by atoms with Gasteiger partial charge < -0.3 is 9.52 Å². The normalized spacial score (nSPS) is 10.7. The Morgan fingerprint density at radius 3 is 2.68 bits per heavy atom. The summed E-state index contributed by atoms with van der Waals surface area (Å²) in [6.45, 7) is 1.89. The van der Waals surface area contributed by atoms with Crippen LogP contribution in [0, 0.1) is 18.3 Å². The first kappa shape index (κ1) is 11.3. The highest BCUT2D eigenvalue weighted by atomic mass is 16.4. The lowest BCUT2D eigenvalue weighted by Crippen LogP contribution is -2.00. The van der Waals surface area contributed by atoms with Crippen molar-refractivity contribution in [1.29, 1.82) is 5.26 Å². The summed E-state index contributed by atoms with van der Waals surface area (Å²) >= 11 is 0. The lowest BCUT2D eigenvalue weighted by Gasteiger charge is -2.05. The maximum atomic E-state index is 11.9. The first-order chi connectivity index (χ1) is 9.10. The first-order valence-corrected chi connectivity index (χ1v) is 5.70. The van der Waals surface area contributed by atoms with Crippen LogP contribution in [0.3, 0.4) is 0 Å². The number of phenols is 1. The second-order valence-corrected chi connectivity index (χ2v) is 4.42. The summed E-state index contributed by atoms with van der Waals surface area (Å²) in [5.41, 5.74) is 0.940. The molecule has 3 rings (SSSR count). The van der Waals surface area contributed by atoms with Gasteiger partial charge in [-0.2, -0.15) is 5.26 Å². The van der Waals surface area contributed by atoms with E-state index >= 15 is 0 Å². The van der Waals surface area contributed by atoms with E-state index in [1.54, 1.807) is 6.07 Å². The zero-order valence-electron chi connectivity index (χ0n) is 10.1. The van der Waals surface area contributed by atoms with Gasteiger partial charge in [0, 0.05) is 11.5 Å². The Bertz CT molecular complexity index is 916. The largest absolute Gasteiger partial charge is 0.506 e. The Balaban J connectivity index is 2.59. The smallest absolute Gasteiger partial charge is 0.344 e. The van der Waals surface area contributed by atoms with Gasteiger partial charge in [-0.05, 0) is 24.4 Å². The van der Waals surface area contributed by atoms with Crippen LogP contribution in [0.25, 0.3) is 21.7 Å². The van der Waals surface area contributed by atoms with Crippen molar-refractivity contribution in [2.24, 2.45) is 0 Å². The van der Waals surface area contributed by atoms with E-state index in [9.17, 15) is 9.90 Å². The second-order valence-electron chi connectivity index (χ2n) is 4.42. The minimum absolute atomic E-state index is 0.156. The Morgan fingerprint density at radius 2 is 1.95 bits per heavy atom. The summed E-state index contributed by atoms with van der Waals surface area (Å²) in [6.07, 6.45) is 0. The van der Waals surface area contributed by atoms with Crippen molar-refractivity contribution in [3.8, 4) is 11.8 Å². The minimum Gasteiger partial charge on any atom is -0.506 e. The van der Waals surface area contributed by atoms with Gasteiger partial charge in [-0.15, -0.1) is 0 Å². The van der Waals surface area contributed by atoms with Crippen molar-refractivity contribution in [3.05, 3.63) is 51.9 Å². The van der Waals surface area contributed by atoms with Gasteiger partial charge in [-0.25, -0.2) is 4.79 Å². The number of phenolic OH excluding ortho intramolecular Hbond substituents is 1. The molecule has 0 saturated heterocycles. The van der Waals surface area contributed by atoms with E-state index in [1.807, 2.05) is 25.1 Å². The molecule has 0 bridgehead atoms. The highest BCUT2D eigenvalue weighted by Crippen LogP contribution is 2.29. The molecule has 0 amide bonds. The fourth-order valence-corrected chi connectivity index (χ4v) is 2.17. The number of hydrogen-bond acceptors (Lipinski definition) is 4. The van der Waals surface area contributed by atoms with Crippen LogP contribution < -0.4 is 5.63 Å². The summed E-state index contributed by atoms with van der Waals surface area (Å²) in [4.78, 5) is 11.9. The van der Waals surface area contributed by atoms with Gasteiger partial charge in [0.25, 0.3) is 0 Å². The molecular formula is C15H9NO3. The van der Waals surface area contributed by atoms with Crippen LogP contribution in [-0.2, 0) is 0 Å². The zero-order valence-corrected chi connectivity index (χ0v) is 10.1. The Morgan fingerprint density at radius 1 is 1.16 bits per heavy atom. The molecule has 0 saturated carbocycles. The fourth-order valence-electron chi connectivity index (χ4n) is 2.17. The molecular weight excluding hydrogens is 242 g/mol. The summed E-state index contributed by atoms with van der Waals surface area (Å²) < 4.78 is 5.19. The standard InChI is InChI=1S/C15H9NO3/c1-8-2-3-10-11-5-9(7-16)13(17)6-14(11)19-15(18)12(10)4-8/h2-6,17H,1H3. The highest BCUT2D eigenvalue weighted by Gasteiger charge is 2.11. The molecule has 3 aromatic rings. The predicted octanol–water partition coefficient (Wildman–Crippen LogP) is 2.83. The van der Waals surface area contributed by atoms with Crippen LogP contribution >= 0.6 is 0 Å². The quantitative estimate of drug-likeness (QED) is 0.492. The van der Waals surface area contributed by atoms with Crippen molar-refractivity contribution >= 4 is 21.7 Å². The third kappa shape index (κ3) is 1.64. The third-order valence-electron chi connectivity index (χ3n) is 3.11. The van der Waals surface area contributed by atoms with Gasteiger partial charge in [-0.3, -0.25) is 0 Å². The van der Waals surface area contributed by atoms with Crippen LogP contribution in [-0.4, -0.2) is 5.11 Å². The molecule has 0 spiro atoms. The number of aromatic hydroxyl groups is 1. The molecule has 1 N–H and O–H groups in total. The lowest BCUT2D eigenvalue weighted by atomic mass is 10.0. The van der Waals surface area contributed by atoms with Crippen molar-refractivity contribution in [2.75, 3.05) is 0 Å². The topological polar surface area (TPSA) is 74.2 Å². The van der Waals surface area contributed by atoms with E-state index in [4.69, 9.17) is 9.68 Å². The van der Waals surface area contributed by atoms with E-state index in [-0.39, 0.29) is 16.9 Å². The number of nitrogens with zero attached hydrogens (tertiary/aromatic N) is 1. The number of nitriles is 1. The average molecular weight is 251 g/mol. The summed E-state index contributed by atoms with van der Waals surface area (Å²) in [7, 11) is 0. The molecule has 0 aliphatic rings. The van der Waals surface area contributed by atoms with Crippen LogP contribution in [0.1, 0.15) is 11.1 Å². The van der Waals surface area contributed by atoms with Gasteiger partial charge in [0.15, 0.2) is 0 Å². The molecule has 0 unspecified atom stereocenters. The van der Waals surface area contributed by atoms with Crippen molar-refractivity contribution in [2.45, 2.75) is 6.92 Å². The van der Waals surface area contributed by atoms with Gasteiger partial charge in [0.05, 0.1) is 10.9 Å². The van der Waals surface area contributed by atoms with E-state index < -0.39 is 5.63 Å². The molecule has 1 heterocycles. The van der Waals surface area contributed by atoms with Gasteiger partial charge in [-0.1, -0.05) is 17.7 Å². The number of aryl methyl sites for hydroxylation is 1. The lowest BCUT2D eigenvalue weighted by molar-refractivity contribution is 0.471. The van der Waals surface area contributed by atoms with Gasteiger partial charge in [0.2, 0.25) is 0 Å². The van der Waals surface area contributed by atoms with Crippen LogP contribution in [0.2, 0.25) is 0 Å². The molecule has 4 nitrogen and oxygen atoms in total. The number of fused-ring (bicyclic) bond motifs is 3. The molecule has 92 valence electrons. The molecule has 19 heavy (non-hydrogen) atoms. The average Bonchev–Trinajstić information content (AvgIpc) is 2.38. The predicted molar refractivity (Wildman–Crippen MR) is 71.1 cm³/mol. The second kappa shape index (κ2) is 3.85. The maximum Gasteiger partial charge on any atom is 0.344 e. The Kier molecular flexibility index (Phi) is 2.29. The molecule has 4 heteroatoms. The summed E-state index contributed by atoms with van der Waals surface area (Å²) in [5, 5.41) is 20.4. The van der Waals surface area contributed by atoms with Gasteiger partial charge >= 0.3 is 5.63 Å². The van der Waals surface area contributed by atoms with Crippen molar-refractivity contribution in [1.82, 2.24) is 0 Å². The number of rotatable bonds is 0. The molecule has 2 aromatic carbocycles. The Labute approximate surface area is 108 Å². The van der Waals surface area contributed by atoms with Crippen LogP contribution in [0.4, 0.5) is 0 Å².